The van der Waals surface area contributed by atoms with Gasteiger partial charge in [-0.1, -0.05) is 10.3 Å². The summed E-state index contributed by atoms with van der Waals surface area (Å²) in [4.78, 5) is 6.62. The minimum Gasteiger partial charge on any atom is -0.339 e. The van der Waals surface area contributed by atoms with Crippen LogP contribution in [-0.2, 0) is 25.2 Å². The first-order valence-electron chi connectivity index (χ1n) is 10.5. The molecule has 0 bridgehead atoms. The second-order valence-electron chi connectivity index (χ2n) is 10.0. The molecular formula is C20H32F6N6O2. The summed E-state index contributed by atoms with van der Waals surface area (Å²) in [6.07, 6.45) is -8.58. The van der Waals surface area contributed by atoms with E-state index in [4.69, 9.17) is 0 Å². The molecule has 0 unspecified atom stereocenters. The highest BCUT2D eigenvalue weighted by Gasteiger charge is 2.38. The van der Waals surface area contributed by atoms with E-state index in [1.54, 1.807) is 0 Å². The maximum absolute atomic E-state index is 12.2. The second-order valence-corrected chi connectivity index (χ2v) is 10.0. The lowest BCUT2D eigenvalue weighted by molar-refractivity contribution is -0.146. The van der Waals surface area contributed by atoms with Gasteiger partial charge in [0.1, 0.15) is 0 Å². The third kappa shape index (κ3) is 11.8. The van der Waals surface area contributed by atoms with Crippen molar-refractivity contribution >= 4 is 0 Å². The normalized spacial score (nSPS) is 15.0. The molecule has 2 aromatic rings. The Morgan fingerprint density at radius 2 is 0.941 bits per heavy atom. The van der Waals surface area contributed by atoms with Crippen molar-refractivity contribution in [1.29, 1.82) is 0 Å². The lowest BCUT2D eigenvalue weighted by Crippen LogP contribution is -2.43. The quantitative estimate of drug-likeness (QED) is 0.543. The lowest BCUT2D eigenvalue weighted by atomic mass is 10.1. The minimum atomic E-state index is -4.55. The van der Waals surface area contributed by atoms with Crippen molar-refractivity contribution in [3.8, 4) is 0 Å². The smallest absolute Gasteiger partial charge is 0.339 e. The molecule has 0 aliphatic carbocycles. The van der Waals surface area contributed by atoms with Crippen molar-refractivity contribution in [3.05, 3.63) is 23.4 Å². The topological polar surface area (TPSA) is 102 Å². The number of aromatic nitrogens is 4. The number of nitrogens with zero attached hydrogens (tertiary/aromatic N) is 4. The molecule has 0 fully saturated rings. The Kier molecular flexibility index (Phi) is 9.66. The van der Waals surface area contributed by atoms with Crippen LogP contribution in [0, 0.1) is 0 Å². The Balaban J connectivity index is 0.000000340. The summed E-state index contributed by atoms with van der Waals surface area (Å²) in [6.45, 7) is 15.5. The van der Waals surface area contributed by atoms with Crippen molar-refractivity contribution in [2.24, 2.45) is 0 Å². The molecule has 8 nitrogen and oxygen atoms in total. The fourth-order valence-electron chi connectivity index (χ4n) is 3.01. The predicted octanol–water partition coefficient (Wildman–Crippen LogP) is 4.82. The molecule has 0 radical (unpaired) electrons. The van der Waals surface area contributed by atoms with Crippen molar-refractivity contribution in [2.45, 2.75) is 104 Å². The van der Waals surface area contributed by atoms with Gasteiger partial charge in [0.25, 0.3) is 11.6 Å². The molecule has 14 heteroatoms. The van der Waals surface area contributed by atoms with Gasteiger partial charge in [0, 0.05) is 36.0 Å². The number of hydrogen-bond acceptors (Lipinski definition) is 8. The molecule has 2 N–H and O–H groups in total. The standard InChI is InChI=1S/2C10H16F3N3O/c2*1-6(15-9(2,3)4)5-7-14-8(16-17-7)10(11,12)13/h2*6,15H,5H2,1-4H3/t2*6-/m11/s1. The zero-order valence-electron chi connectivity index (χ0n) is 20.4. The van der Waals surface area contributed by atoms with Crippen molar-refractivity contribution in [3.63, 3.8) is 0 Å². The summed E-state index contributed by atoms with van der Waals surface area (Å²) >= 11 is 0. The van der Waals surface area contributed by atoms with Gasteiger partial charge in [0.05, 0.1) is 0 Å². The van der Waals surface area contributed by atoms with Crippen molar-refractivity contribution in [1.82, 2.24) is 30.9 Å². The maximum atomic E-state index is 12.2. The molecule has 196 valence electrons. The van der Waals surface area contributed by atoms with Gasteiger partial charge in [0.2, 0.25) is 11.8 Å². The second kappa shape index (κ2) is 11.0. The Labute approximate surface area is 194 Å². The molecule has 0 saturated carbocycles. The lowest BCUT2D eigenvalue weighted by Gasteiger charge is -2.25. The van der Waals surface area contributed by atoms with Crippen molar-refractivity contribution < 1.29 is 35.4 Å². The van der Waals surface area contributed by atoms with Crippen LogP contribution in [0.4, 0.5) is 26.3 Å². The predicted molar refractivity (Wildman–Crippen MR) is 111 cm³/mol. The number of rotatable bonds is 6. The largest absolute Gasteiger partial charge is 0.455 e. The molecule has 0 amide bonds. The SMILES string of the molecule is C[C@H](Cc1nc(C(F)(F)F)no1)NC(C)(C)C.C[C@H](Cc1nc(C(F)(F)F)no1)NC(C)(C)C. The van der Waals surface area contributed by atoms with E-state index in [1.807, 2.05) is 55.4 Å². The Morgan fingerprint density at radius 3 is 1.15 bits per heavy atom. The Bertz CT molecular complexity index is 807. The zero-order chi connectivity index (χ0) is 26.5. The van der Waals surface area contributed by atoms with E-state index in [1.165, 1.54) is 0 Å². The van der Waals surface area contributed by atoms with Crippen LogP contribution in [0.3, 0.4) is 0 Å². The van der Waals surface area contributed by atoms with Crippen LogP contribution in [0.25, 0.3) is 0 Å². The summed E-state index contributed by atoms with van der Waals surface area (Å²) < 4.78 is 82.4. The molecule has 2 aromatic heterocycles. The first-order valence-corrected chi connectivity index (χ1v) is 10.5. The van der Waals surface area contributed by atoms with Crippen LogP contribution in [0.1, 0.15) is 78.8 Å². The van der Waals surface area contributed by atoms with Crippen LogP contribution in [0.2, 0.25) is 0 Å². The van der Waals surface area contributed by atoms with Crippen LogP contribution in [0.15, 0.2) is 9.05 Å². The van der Waals surface area contributed by atoms with Gasteiger partial charge in [-0.2, -0.15) is 36.3 Å². The van der Waals surface area contributed by atoms with Gasteiger partial charge in [-0.15, -0.1) is 0 Å². The van der Waals surface area contributed by atoms with E-state index in [9.17, 15) is 26.3 Å². The summed E-state index contributed by atoms with van der Waals surface area (Å²) in [5, 5.41) is 12.2. The molecule has 2 atom stereocenters. The fraction of sp³-hybridized carbons (Fsp3) is 0.800. The Morgan fingerprint density at radius 1 is 0.647 bits per heavy atom. The average molecular weight is 503 g/mol. The fourth-order valence-corrected chi connectivity index (χ4v) is 3.01. The number of alkyl halides is 6. The van der Waals surface area contributed by atoms with Gasteiger partial charge in [-0.05, 0) is 55.4 Å². The van der Waals surface area contributed by atoms with E-state index in [0.717, 1.165) is 0 Å². The van der Waals surface area contributed by atoms with E-state index in [2.05, 4.69) is 40.0 Å². The maximum Gasteiger partial charge on any atom is 0.455 e. The third-order valence-electron chi connectivity index (χ3n) is 3.76. The first kappa shape index (κ1) is 29.8. The van der Waals surface area contributed by atoms with E-state index >= 15 is 0 Å². The highest BCUT2D eigenvalue weighted by molar-refractivity contribution is 4.94. The zero-order valence-corrected chi connectivity index (χ0v) is 20.4. The molecule has 34 heavy (non-hydrogen) atoms. The summed E-state index contributed by atoms with van der Waals surface area (Å²) in [7, 11) is 0. The number of hydrogen-bond donors (Lipinski definition) is 2. The molecule has 0 spiro atoms. The summed E-state index contributed by atoms with van der Waals surface area (Å²) in [5.74, 6) is -2.48. The number of halogens is 6. The van der Waals surface area contributed by atoms with Crippen LogP contribution in [0.5, 0.6) is 0 Å². The van der Waals surface area contributed by atoms with Gasteiger partial charge >= 0.3 is 12.4 Å². The first-order chi connectivity index (χ1) is 15.2. The van der Waals surface area contributed by atoms with Crippen molar-refractivity contribution in [2.75, 3.05) is 0 Å². The molecule has 0 saturated heterocycles. The molecule has 0 aliphatic rings. The van der Waals surface area contributed by atoms with E-state index in [0.29, 0.717) is 0 Å². The minimum absolute atomic E-state index is 0.0124. The molecule has 2 rings (SSSR count). The highest BCUT2D eigenvalue weighted by Crippen LogP contribution is 2.27. The average Bonchev–Trinajstić information content (AvgIpc) is 3.20. The van der Waals surface area contributed by atoms with Crippen LogP contribution >= 0.6 is 0 Å². The third-order valence-corrected chi connectivity index (χ3v) is 3.76. The summed E-state index contributed by atoms with van der Waals surface area (Å²) in [5.41, 5.74) is -0.238. The van der Waals surface area contributed by atoms with Gasteiger partial charge < -0.3 is 19.7 Å². The Hall–Kier alpha value is -2.22. The molecule has 0 aromatic carbocycles. The highest BCUT2D eigenvalue weighted by atomic mass is 19.4. The summed E-state index contributed by atoms with van der Waals surface area (Å²) in [6, 6.07) is -0.0898. The number of nitrogens with one attached hydrogen (secondary N) is 2. The monoisotopic (exact) mass is 502 g/mol. The van der Waals surface area contributed by atoms with Gasteiger partial charge in [0.15, 0.2) is 0 Å². The van der Waals surface area contributed by atoms with Crippen LogP contribution < -0.4 is 10.6 Å². The molecular weight excluding hydrogens is 470 g/mol. The molecule has 2 heterocycles. The van der Waals surface area contributed by atoms with Gasteiger partial charge in [-0.3, -0.25) is 0 Å². The molecule has 0 aliphatic heterocycles. The van der Waals surface area contributed by atoms with Gasteiger partial charge in [-0.25, -0.2) is 0 Å². The van der Waals surface area contributed by atoms with E-state index in [-0.39, 0.29) is 47.8 Å². The van der Waals surface area contributed by atoms with Crippen LogP contribution in [-0.4, -0.2) is 43.4 Å². The van der Waals surface area contributed by atoms with E-state index < -0.39 is 24.0 Å².